The number of ether oxygens (including phenoxy) is 3. The Bertz CT molecular complexity index is 1010. The first-order chi connectivity index (χ1) is 25.6. The average Bonchev–Trinajstić information content (AvgIpc) is 3.11. The lowest BCUT2D eigenvalue weighted by molar-refractivity contribution is -0.887. The fraction of sp³-hybridized carbons (Fsp3) is 0.756. The topological polar surface area (TPSA) is 99.1 Å². The molecule has 8 heteroatoms. The number of carbonyl (C=O) groups is 3. The number of unbranched alkanes of at least 4 members (excludes halogenated alkanes) is 15. The molecule has 0 bridgehead atoms. The molecule has 0 aliphatic carbocycles. The summed E-state index contributed by atoms with van der Waals surface area (Å²) in [6, 6.07) is -0.616. The second-order valence-corrected chi connectivity index (χ2v) is 15.2. The highest BCUT2D eigenvalue weighted by molar-refractivity contribution is 5.72. The number of carbonyl (C=O) groups excluding carboxylic acids is 2. The summed E-state index contributed by atoms with van der Waals surface area (Å²) < 4.78 is 17.2. The van der Waals surface area contributed by atoms with Crippen LogP contribution in [0.5, 0.6) is 0 Å². The number of nitrogens with zero attached hydrogens (tertiary/aromatic N) is 1. The van der Waals surface area contributed by atoms with E-state index in [1.165, 1.54) is 57.8 Å². The van der Waals surface area contributed by atoms with Crippen molar-refractivity contribution in [2.45, 2.75) is 180 Å². The number of rotatable bonds is 37. The predicted octanol–water partition coefficient (Wildman–Crippen LogP) is 11.2. The summed E-state index contributed by atoms with van der Waals surface area (Å²) in [5.74, 6) is -1.49. The van der Waals surface area contributed by atoms with Gasteiger partial charge in [-0.1, -0.05) is 146 Å². The predicted molar refractivity (Wildman–Crippen MR) is 220 cm³/mol. The number of allylic oxidation sites excluding steroid dienone is 8. The van der Waals surface area contributed by atoms with Crippen LogP contribution in [0.25, 0.3) is 0 Å². The number of likely N-dealkylation sites (N-methyl/N-ethyl adjacent to an activating group) is 1. The van der Waals surface area contributed by atoms with E-state index < -0.39 is 18.1 Å². The molecule has 0 radical (unpaired) electrons. The van der Waals surface area contributed by atoms with E-state index in [1.807, 2.05) is 21.1 Å². The maximum absolute atomic E-state index is 12.7. The van der Waals surface area contributed by atoms with E-state index in [4.69, 9.17) is 14.2 Å². The summed E-state index contributed by atoms with van der Waals surface area (Å²) in [5, 5.41) is 9.60. The van der Waals surface area contributed by atoms with Crippen LogP contribution in [0.1, 0.15) is 168 Å². The molecule has 0 rings (SSSR count). The molecule has 0 saturated heterocycles. The van der Waals surface area contributed by atoms with Gasteiger partial charge in [-0.2, -0.15) is 0 Å². The lowest BCUT2D eigenvalue weighted by Crippen LogP contribution is -2.50. The van der Waals surface area contributed by atoms with Crippen LogP contribution >= 0.6 is 0 Å². The van der Waals surface area contributed by atoms with Gasteiger partial charge in [-0.3, -0.25) is 9.59 Å². The Morgan fingerprint density at radius 2 is 1.06 bits per heavy atom. The Hall–Kier alpha value is -2.71. The summed E-state index contributed by atoms with van der Waals surface area (Å²) in [5.41, 5.74) is 0. The number of carboxylic acid groups (broad SMARTS) is 1. The summed E-state index contributed by atoms with van der Waals surface area (Å²) in [4.78, 5) is 36.9. The first-order valence-corrected chi connectivity index (χ1v) is 21.2. The van der Waals surface area contributed by atoms with E-state index in [9.17, 15) is 19.5 Å². The Kier molecular flexibility index (Phi) is 34.4. The zero-order valence-electron chi connectivity index (χ0n) is 34.7. The van der Waals surface area contributed by atoms with Crippen LogP contribution in [0.2, 0.25) is 0 Å². The Morgan fingerprint density at radius 1 is 0.585 bits per heavy atom. The Balaban J connectivity index is 4.36. The molecule has 0 aromatic rings. The van der Waals surface area contributed by atoms with Crippen molar-refractivity contribution in [2.24, 2.45) is 0 Å². The highest BCUT2D eigenvalue weighted by Crippen LogP contribution is 2.14. The zero-order valence-corrected chi connectivity index (χ0v) is 34.7. The van der Waals surface area contributed by atoms with Crippen molar-refractivity contribution in [1.82, 2.24) is 0 Å². The van der Waals surface area contributed by atoms with E-state index >= 15 is 0 Å². The van der Waals surface area contributed by atoms with Crippen LogP contribution < -0.4 is 0 Å². The number of aliphatic carboxylic acids is 1. The van der Waals surface area contributed by atoms with Gasteiger partial charge in [0.2, 0.25) is 0 Å². The van der Waals surface area contributed by atoms with Gasteiger partial charge in [0.25, 0.3) is 0 Å². The first-order valence-electron chi connectivity index (χ1n) is 21.2. The summed E-state index contributed by atoms with van der Waals surface area (Å²) in [6.45, 7) is 4.59. The van der Waals surface area contributed by atoms with Gasteiger partial charge < -0.3 is 23.8 Å². The molecule has 1 N–H and O–H groups in total. The minimum Gasteiger partial charge on any atom is -0.477 e. The Labute approximate surface area is 325 Å². The van der Waals surface area contributed by atoms with E-state index in [-0.39, 0.29) is 36.2 Å². The van der Waals surface area contributed by atoms with Crippen LogP contribution in [0.3, 0.4) is 0 Å². The fourth-order valence-corrected chi connectivity index (χ4v) is 5.96. The highest BCUT2D eigenvalue weighted by Gasteiger charge is 2.31. The lowest BCUT2D eigenvalue weighted by Gasteiger charge is -2.31. The zero-order chi connectivity index (χ0) is 39.3. The van der Waals surface area contributed by atoms with Crippen LogP contribution in [0.15, 0.2) is 48.6 Å². The third-order valence-electron chi connectivity index (χ3n) is 9.24. The van der Waals surface area contributed by atoms with Crippen molar-refractivity contribution >= 4 is 17.9 Å². The summed E-state index contributed by atoms with van der Waals surface area (Å²) >= 11 is 0. The molecular formula is C45H80NO7+. The number of hydrogen-bond acceptors (Lipinski definition) is 6. The minimum atomic E-state index is -0.879. The number of carboxylic acids is 1. The van der Waals surface area contributed by atoms with E-state index in [0.717, 1.165) is 77.0 Å². The number of esters is 2. The molecule has 0 amide bonds. The normalized spacial score (nSPS) is 13.5. The molecule has 0 aromatic heterocycles. The molecular weight excluding hydrogens is 666 g/mol. The maximum Gasteiger partial charge on any atom is 0.362 e. The van der Waals surface area contributed by atoms with Gasteiger partial charge in [-0.05, 0) is 51.4 Å². The van der Waals surface area contributed by atoms with Gasteiger partial charge in [0.15, 0.2) is 12.1 Å². The molecule has 2 unspecified atom stereocenters. The van der Waals surface area contributed by atoms with Crippen molar-refractivity contribution in [3.63, 3.8) is 0 Å². The second-order valence-electron chi connectivity index (χ2n) is 15.2. The van der Waals surface area contributed by atoms with Gasteiger partial charge in [-0.15, -0.1) is 0 Å². The second kappa shape index (κ2) is 36.3. The van der Waals surface area contributed by atoms with Crippen molar-refractivity contribution in [2.75, 3.05) is 41.0 Å². The largest absolute Gasteiger partial charge is 0.477 e. The van der Waals surface area contributed by atoms with E-state index in [2.05, 4.69) is 62.5 Å². The maximum atomic E-state index is 12.7. The molecule has 0 aliphatic rings. The smallest absolute Gasteiger partial charge is 0.362 e. The summed E-state index contributed by atoms with van der Waals surface area (Å²) in [7, 11) is 5.51. The molecule has 0 spiro atoms. The van der Waals surface area contributed by atoms with E-state index in [0.29, 0.717) is 19.3 Å². The fourth-order valence-electron chi connectivity index (χ4n) is 5.96. The summed E-state index contributed by atoms with van der Waals surface area (Å²) in [6.07, 6.45) is 41.5. The first kappa shape index (κ1) is 50.3. The quantitative estimate of drug-likeness (QED) is 0.0292. The number of quaternary nitrogens is 1. The molecule has 2 atom stereocenters. The van der Waals surface area contributed by atoms with Gasteiger partial charge >= 0.3 is 17.9 Å². The average molecular weight is 747 g/mol. The van der Waals surface area contributed by atoms with E-state index in [1.54, 1.807) is 0 Å². The van der Waals surface area contributed by atoms with Crippen molar-refractivity contribution in [1.29, 1.82) is 0 Å². The van der Waals surface area contributed by atoms with Crippen molar-refractivity contribution in [3.05, 3.63) is 48.6 Å². The molecule has 0 saturated carbocycles. The molecule has 0 aromatic carbocycles. The van der Waals surface area contributed by atoms with Crippen LogP contribution in [-0.2, 0) is 28.6 Å². The van der Waals surface area contributed by atoms with Gasteiger partial charge in [0.05, 0.1) is 34.4 Å². The standard InChI is InChI=1S/C45H79NO7/c1-6-8-10-12-14-16-18-19-20-21-22-23-24-25-26-28-30-32-34-36-44(48)53-41(39-51-38-37-42(45(49)50)46(3,4)5)40-52-43(47)35-33-31-29-27-17-15-13-11-9-7-2/h8,10,14,16,19-20,22-23,41-42H,6-7,9,11-13,15,17-18,21,24-40H2,1-5H3/p+1/b10-8-,16-14-,20-19-,23-22-. The van der Waals surface area contributed by atoms with Gasteiger partial charge in [-0.25, -0.2) is 4.79 Å². The van der Waals surface area contributed by atoms with Gasteiger partial charge in [0, 0.05) is 19.3 Å². The Morgan fingerprint density at radius 3 is 1.57 bits per heavy atom. The number of hydrogen-bond donors (Lipinski definition) is 1. The van der Waals surface area contributed by atoms with Crippen LogP contribution in [-0.4, -0.2) is 80.6 Å². The van der Waals surface area contributed by atoms with Crippen molar-refractivity contribution in [3.8, 4) is 0 Å². The third kappa shape index (κ3) is 34.8. The molecule has 0 fully saturated rings. The van der Waals surface area contributed by atoms with Crippen LogP contribution in [0.4, 0.5) is 0 Å². The van der Waals surface area contributed by atoms with Gasteiger partial charge in [0.1, 0.15) is 6.61 Å². The lowest BCUT2D eigenvalue weighted by atomic mass is 10.1. The monoisotopic (exact) mass is 747 g/mol. The molecule has 0 aliphatic heterocycles. The minimum absolute atomic E-state index is 0.0556. The SMILES string of the molecule is CC/C=C\C/C=C\C/C=C\C/C=C\CCCCCCCCC(=O)OC(COCCC(C(=O)O)[N+](C)(C)C)COC(=O)CCCCCCCCCCCC. The molecule has 0 heterocycles. The molecule has 306 valence electrons. The van der Waals surface area contributed by atoms with Crippen molar-refractivity contribution < 1.29 is 38.2 Å². The highest BCUT2D eigenvalue weighted by atomic mass is 16.6. The molecule has 8 nitrogen and oxygen atoms in total. The molecule has 53 heavy (non-hydrogen) atoms. The third-order valence-corrected chi connectivity index (χ3v) is 9.24. The van der Waals surface area contributed by atoms with Crippen LogP contribution in [0, 0.1) is 0 Å².